The predicted molar refractivity (Wildman–Crippen MR) is 71.2 cm³/mol. The van der Waals surface area contributed by atoms with Gasteiger partial charge in [0.15, 0.2) is 0 Å². The Morgan fingerprint density at radius 3 is 2.41 bits per heavy atom. The fraction of sp³-hybridized carbons (Fsp3) is 0.600. The van der Waals surface area contributed by atoms with Gasteiger partial charge < -0.3 is 10.6 Å². The molecule has 2 heteroatoms. The standard InChI is InChI=1S/C15H22N2/c1-17-10-14(11-17)13-4-2-12(3-5-13)6-7-15(16)8-9-15/h2-5,14H,6-11,16H2,1H3. The molecule has 0 aromatic heterocycles. The molecule has 92 valence electrons. The molecule has 2 fully saturated rings. The quantitative estimate of drug-likeness (QED) is 0.858. The van der Waals surface area contributed by atoms with E-state index in [4.69, 9.17) is 5.73 Å². The van der Waals surface area contributed by atoms with Crippen LogP contribution in [0, 0.1) is 0 Å². The van der Waals surface area contributed by atoms with E-state index in [1.54, 1.807) is 0 Å². The molecule has 3 rings (SSSR count). The van der Waals surface area contributed by atoms with Crippen molar-refractivity contribution in [2.75, 3.05) is 20.1 Å². The third-order valence-corrected chi connectivity index (χ3v) is 4.32. The maximum Gasteiger partial charge on any atom is 0.0158 e. The SMILES string of the molecule is CN1CC(c2ccc(CCC3(N)CC3)cc2)C1. The van der Waals surface area contributed by atoms with Gasteiger partial charge in [-0.25, -0.2) is 0 Å². The number of hydrogen-bond donors (Lipinski definition) is 1. The van der Waals surface area contributed by atoms with E-state index in [0.717, 1.165) is 18.8 Å². The highest BCUT2D eigenvalue weighted by Crippen LogP contribution is 2.36. The first-order chi connectivity index (χ1) is 8.15. The summed E-state index contributed by atoms with van der Waals surface area (Å²) in [5.41, 5.74) is 9.25. The van der Waals surface area contributed by atoms with Gasteiger partial charge in [-0.2, -0.15) is 0 Å². The molecule has 0 atom stereocenters. The second-order valence-electron chi connectivity index (χ2n) is 6.02. The van der Waals surface area contributed by atoms with E-state index in [1.807, 2.05) is 0 Å². The smallest absolute Gasteiger partial charge is 0.0158 e. The predicted octanol–water partition coefficient (Wildman–Crippen LogP) is 2.14. The first-order valence-electron chi connectivity index (χ1n) is 6.71. The Morgan fingerprint density at radius 2 is 1.88 bits per heavy atom. The molecule has 17 heavy (non-hydrogen) atoms. The van der Waals surface area contributed by atoms with Gasteiger partial charge in [0.25, 0.3) is 0 Å². The van der Waals surface area contributed by atoms with Crippen LogP contribution in [0.4, 0.5) is 0 Å². The van der Waals surface area contributed by atoms with Gasteiger partial charge in [-0.05, 0) is 43.9 Å². The molecule has 1 aliphatic carbocycles. The number of hydrogen-bond acceptors (Lipinski definition) is 2. The van der Waals surface area contributed by atoms with Gasteiger partial charge in [0.1, 0.15) is 0 Å². The van der Waals surface area contributed by atoms with Crippen LogP contribution in [0.5, 0.6) is 0 Å². The summed E-state index contributed by atoms with van der Waals surface area (Å²) in [5, 5.41) is 0. The van der Waals surface area contributed by atoms with Gasteiger partial charge in [0.2, 0.25) is 0 Å². The lowest BCUT2D eigenvalue weighted by Gasteiger charge is -2.36. The van der Waals surface area contributed by atoms with E-state index < -0.39 is 0 Å². The van der Waals surface area contributed by atoms with E-state index in [9.17, 15) is 0 Å². The van der Waals surface area contributed by atoms with Crippen molar-refractivity contribution in [3.63, 3.8) is 0 Å². The van der Waals surface area contributed by atoms with Crippen LogP contribution >= 0.6 is 0 Å². The summed E-state index contributed by atoms with van der Waals surface area (Å²) in [6, 6.07) is 9.20. The van der Waals surface area contributed by atoms with Crippen molar-refractivity contribution in [1.29, 1.82) is 0 Å². The highest BCUT2D eigenvalue weighted by atomic mass is 15.2. The Labute approximate surface area is 104 Å². The zero-order valence-corrected chi connectivity index (χ0v) is 10.7. The van der Waals surface area contributed by atoms with E-state index in [0.29, 0.717) is 0 Å². The van der Waals surface area contributed by atoms with E-state index in [1.165, 1.54) is 37.1 Å². The Balaban J connectivity index is 1.56. The highest BCUT2D eigenvalue weighted by molar-refractivity contribution is 5.28. The van der Waals surface area contributed by atoms with Crippen LogP contribution in [-0.2, 0) is 6.42 Å². The average Bonchev–Trinajstić information content (AvgIpc) is 3.02. The molecule has 1 aromatic carbocycles. The van der Waals surface area contributed by atoms with Crippen LogP contribution < -0.4 is 5.73 Å². The zero-order chi connectivity index (χ0) is 11.9. The summed E-state index contributed by atoms with van der Waals surface area (Å²) >= 11 is 0. The fourth-order valence-corrected chi connectivity index (χ4v) is 2.67. The lowest BCUT2D eigenvalue weighted by Crippen LogP contribution is -2.41. The molecule has 0 bridgehead atoms. The van der Waals surface area contributed by atoms with Crippen molar-refractivity contribution in [1.82, 2.24) is 4.90 Å². The van der Waals surface area contributed by atoms with Gasteiger partial charge in [-0.15, -0.1) is 0 Å². The van der Waals surface area contributed by atoms with Gasteiger partial charge >= 0.3 is 0 Å². The zero-order valence-electron chi connectivity index (χ0n) is 10.7. The van der Waals surface area contributed by atoms with Crippen LogP contribution in [-0.4, -0.2) is 30.6 Å². The van der Waals surface area contributed by atoms with Gasteiger partial charge in [0, 0.05) is 24.5 Å². The lowest BCUT2D eigenvalue weighted by atomic mass is 9.91. The Kier molecular flexibility index (Phi) is 2.72. The molecule has 1 aromatic rings. The summed E-state index contributed by atoms with van der Waals surface area (Å²) in [6.07, 6.45) is 4.73. The summed E-state index contributed by atoms with van der Waals surface area (Å²) in [4.78, 5) is 2.36. The van der Waals surface area contributed by atoms with Crippen molar-refractivity contribution < 1.29 is 0 Å². The second-order valence-corrected chi connectivity index (χ2v) is 6.02. The summed E-state index contributed by atoms with van der Waals surface area (Å²) in [7, 11) is 2.18. The van der Waals surface area contributed by atoms with Crippen molar-refractivity contribution in [2.24, 2.45) is 5.73 Å². The number of nitrogens with zero attached hydrogens (tertiary/aromatic N) is 1. The Bertz CT molecular complexity index is 386. The monoisotopic (exact) mass is 230 g/mol. The highest BCUT2D eigenvalue weighted by Gasteiger charge is 2.37. The van der Waals surface area contributed by atoms with Crippen LogP contribution in [0.25, 0.3) is 0 Å². The fourth-order valence-electron chi connectivity index (χ4n) is 2.67. The number of nitrogens with two attached hydrogens (primary N) is 1. The summed E-state index contributed by atoms with van der Waals surface area (Å²) in [6.45, 7) is 2.43. The Hall–Kier alpha value is -0.860. The number of aryl methyl sites for hydroxylation is 1. The molecule has 0 spiro atoms. The number of benzene rings is 1. The average molecular weight is 230 g/mol. The minimum atomic E-state index is 0.190. The minimum absolute atomic E-state index is 0.190. The molecular formula is C15H22N2. The molecular weight excluding hydrogens is 208 g/mol. The minimum Gasteiger partial charge on any atom is -0.325 e. The van der Waals surface area contributed by atoms with Crippen LogP contribution in [0.2, 0.25) is 0 Å². The molecule has 0 radical (unpaired) electrons. The van der Waals surface area contributed by atoms with Crippen molar-refractivity contribution in [3.8, 4) is 0 Å². The molecule has 0 amide bonds. The number of likely N-dealkylation sites (tertiary alicyclic amines) is 1. The van der Waals surface area contributed by atoms with Gasteiger partial charge in [-0.1, -0.05) is 24.3 Å². The third kappa shape index (κ3) is 2.53. The van der Waals surface area contributed by atoms with Crippen LogP contribution in [0.1, 0.15) is 36.3 Å². The first-order valence-corrected chi connectivity index (χ1v) is 6.71. The van der Waals surface area contributed by atoms with Crippen molar-refractivity contribution in [2.45, 2.75) is 37.1 Å². The molecule has 1 saturated heterocycles. The maximum absolute atomic E-state index is 6.11. The van der Waals surface area contributed by atoms with Crippen LogP contribution in [0.3, 0.4) is 0 Å². The van der Waals surface area contributed by atoms with Crippen molar-refractivity contribution in [3.05, 3.63) is 35.4 Å². The molecule has 2 N–H and O–H groups in total. The molecule has 0 unspecified atom stereocenters. The van der Waals surface area contributed by atoms with E-state index in [-0.39, 0.29) is 5.54 Å². The topological polar surface area (TPSA) is 29.3 Å². The Morgan fingerprint density at radius 1 is 1.24 bits per heavy atom. The summed E-state index contributed by atoms with van der Waals surface area (Å²) < 4.78 is 0. The lowest BCUT2D eigenvalue weighted by molar-refractivity contribution is 0.190. The molecule has 1 aliphatic heterocycles. The number of rotatable bonds is 4. The van der Waals surface area contributed by atoms with Gasteiger partial charge in [0.05, 0.1) is 0 Å². The second kappa shape index (κ2) is 4.11. The normalized spacial score (nSPS) is 23.4. The maximum atomic E-state index is 6.11. The molecule has 2 aliphatic rings. The number of likely N-dealkylation sites (N-methyl/N-ethyl adjacent to an activating group) is 1. The molecule has 2 nitrogen and oxygen atoms in total. The van der Waals surface area contributed by atoms with E-state index >= 15 is 0 Å². The first kappa shape index (κ1) is 11.2. The largest absolute Gasteiger partial charge is 0.325 e. The third-order valence-electron chi connectivity index (χ3n) is 4.32. The summed E-state index contributed by atoms with van der Waals surface area (Å²) in [5.74, 6) is 0.762. The van der Waals surface area contributed by atoms with Gasteiger partial charge in [-0.3, -0.25) is 0 Å². The molecule has 1 saturated carbocycles. The van der Waals surface area contributed by atoms with Crippen LogP contribution in [0.15, 0.2) is 24.3 Å². The molecule has 1 heterocycles. The van der Waals surface area contributed by atoms with Crippen molar-refractivity contribution >= 4 is 0 Å². The van der Waals surface area contributed by atoms with E-state index in [2.05, 4.69) is 36.2 Å².